The van der Waals surface area contributed by atoms with E-state index in [1.807, 2.05) is 6.33 Å². The van der Waals surface area contributed by atoms with Crippen molar-refractivity contribution in [2.45, 2.75) is 58.9 Å². The van der Waals surface area contributed by atoms with Gasteiger partial charge in [0.2, 0.25) is 0 Å². The summed E-state index contributed by atoms with van der Waals surface area (Å²) in [4.78, 5) is 0. The van der Waals surface area contributed by atoms with Gasteiger partial charge in [-0.15, -0.1) is 10.2 Å². The molecule has 0 amide bonds. The molecule has 0 saturated heterocycles. The van der Waals surface area contributed by atoms with E-state index >= 15 is 0 Å². The van der Waals surface area contributed by atoms with Crippen molar-refractivity contribution in [3.05, 3.63) is 12.2 Å². The molecule has 0 aliphatic carbocycles. The summed E-state index contributed by atoms with van der Waals surface area (Å²) in [5, 5.41) is 8.04. The molecular formula is C11H21N3. The van der Waals surface area contributed by atoms with Crippen LogP contribution in [0.4, 0.5) is 0 Å². The van der Waals surface area contributed by atoms with E-state index in [-0.39, 0.29) is 0 Å². The fraction of sp³-hybridized carbons (Fsp3) is 0.818. The van der Waals surface area contributed by atoms with Gasteiger partial charge in [0.25, 0.3) is 0 Å². The van der Waals surface area contributed by atoms with Crippen LogP contribution < -0.4 is 0 Å². The molecule has 0 spiro atoms. The van der Waals surface area contributed by atoms with Crippen LogP contribution in [-0.2, 0) is 13.0 Å². The van der Waals surface area contributed by atoms with Crippen molar-refractivity contribution in [2.24, 2.45) is 0 Å². The molecule has 1 aromatic heterocycles. The molecule has 0 N–H and O–H groups in total. The normalized spacial score (nSPS) is 10.7. The zero-order valence-electron chi connectivity index (χ0n) is 9.37. The largest absolute Gasteiger partial charge is 0.318 e. The van der Waals surface area contributed by atoms with Crippen molar-refractivity contribution < 1.29 is 0 Å². The van der Waals surface area contributed by atoms with Gasteiger partial charge in [0.1, 0.15) is 12.2 Å². The van der Waals surface area contributed by atoms with Crippen LogP contribution in [0.15, 0.2) is 6.33 Å². The third-order valence-electron chi connectivity index (χ3n) is 2.54. The standard InChI is InChI=1S/C11H21N3/c1-3-5-6-7-8-9-11-13-12-10-14(11)4-2/h10H,3-9H2,1-2H3. The number of hydrogen-bond donors (Lipinski definition) is 0. The van der Waals surface area contributed by atoms with E-state index in [0.717, 1.165) is 18.8 Å². The summed E-state index contributed by atoms with van der Waals surface area (Å²) >= 11 is 0. The molecule has 0 aliphatic heterocycles. The number of rotatable bonds is 7. The fourth-order valence-electron chi connectivity index (χ4n) is 1.62. The third-order valence-corrected chi connectivity index (χ3v) is 2.54. The summed E-state index contributed by atoms with van der Waals surface area (Å²) in [7, 11) is 0. The van der Waals surface area contributed by atoms with Crippen molar-refractivity contribution >= 4 is 0 Å². The van der Waals surface area contributed by atoms with E-state index in [1.165, 1.54) is 32.1 Å². The second kappa shape index (κ2) is 6.57. The molecule has 1 heterocycles. The molecular weight excluding hydrogens is 174 g/mol. The van der Waals surface area contributed by atoms with Crippen molar-refractivity contribution in [3.8, 4) is 0 Å². The highest BCUT2D eigenvalue weighted by Gasteiger charge is 2.01. The summed E-state index contributed by atoms with van der Waals surface area (Å²) in [5.41, 5.74) is 0. The van der Waals surface area contributed by atoms with Gasteiger partial charge in [-0.1, -0.05) is 32.6 Å². The highest BCUT2D eigenvalue weighted by molar-refractivity contribution is 4.85. The number of nitrogens with zero attached hydrogens (tertiary/aromatic N) is 3. The Bertz CT molecular complexity index is 242. The maximum atomic E-state index is 4.12. The highest BCUT2D eigenvalue weighted by atomic mass is 15.3. The average Bonchev–Trinajstić information content (AvgIpc) is 2.65. The van der Waals surface area contributed by atoms with E-state index in [4.69, 9.17) is 0 Å². The van der Waals surface area contributed by atoms with Gasteiger partial charge in [0, 0.05) is 13.0 Å². The first-order chi connectivity index (χ1) is 6.88. The maximum absolute atomic E-state index is 4.12. The van der Waals surface area contributed by atoms with Gasteiger partial charge in [0.05, 0.1) is 0 Å². The van der Waals surface area contributed by atoms with Gasteiger partial charge in [-0.3, -0.25) is 0 Å². The molecule has 0 unspecified atom stereocenters. The molecule has 1 aromatic rings. The highest BCUT2D eigenvalue weighted by Crippen LogP contribution is 2.06. The van der Waals surface area contributed by atoms with Gasteiger partial charge in [-0.25, -0.2) is 0 Å². The number of unbranched alkanes of at least 4 members (excludes halogenated alkanes) is 4. The maximum Gasteiger partial charge on any atom is 0.132 e. The predicted molar refractivity (Wildman–Crippen MR) is 58.2 cm³/mol. The van der Waals surface area contributed by atoms with Crippen LogP contribution in [0.2, 0.25) is 0 Å². The zero-order valence-corrected chi connectivity index (χ0v) is 9.37. The number of aryl methyl sites for hydroxylation is 2. The minimum Gasteiger partial charge on any atom is -0.318 e. The van der Waals surface area contributed by atoms with Gasteiger partial charge in [-0.05, 0) is 13.3 Å². The lowest BCUT2D eigenvalue weighted by molar-refractivity contribution is 0.602. The first-order valence-corrected chi connectivity index (χ1v) is 5.75. The number of hydrogen-bond acceptors (Lipinski definition) is 2. The van der Waals surface area contributed by atoms with Crippen molar-refractivity contribution in [2.75, 3.05) is 0 Å². The summed E-state index contributed by atoms with van der Waals surface area (Å²) in [6.07, 6.45) is 9.50. The van der Waals surface area contributed by atoms with Gasteiger partial charge in [-0.2, -0.15) is 0 Å². The van der Waals surface area contributed by atoms with Crippen LogP contribution in [0.1, 0.15) is 51.8 Å². The lowest BCUT2D eigenvalue weighted by atomic mass is 10.1. The molecule has 0 aromatic carbocycles. The second-order valence-electron chi connectivity index (χ2n) is 3.70. The van der Waals surface area contributed by atoms with E-state index < -0.39 is 0 Å². The Labute approximate surface area is 86.5 Å². The van der Waals surface area contributed by atoms with Crippen LogP contribution in [-0.4, -0.2) is 14.8 Å². The SMILES string of the molecule is CCCCCCCc1nncn1CC. The minimum absolute atomic E-state index is 0.983. The summed E-state index contributed by atoms with van der Waals surface area (Å²) < 4.78 is 2.12. The molecule has 0 fully saturated rings. The Morgan fingerprint density at radius 2 is 1.93 bits per heavy atom. The van der Waals surface area contributed by atoms with Gasteiger partial charge < -0.3 is 4.57 Å². The lowest BCUT2D eigenvalue weighted by Crippen LogP contribution is -2.00. The second-order valence-corrected chi connectivity index (χ2v) is 3.70. The van der Waals surface area contributed by atoms with Crippen LogP contribution in [0, 0.1) is 0 Å². The smallest absolute Gasteiger partial charge is 0.132 e. The molecule has 0 bridgehead atoms. The molecule has 3 heteroatoms. The summed E-state index contributed by atoms with van der Waals surface area (Å²) in [6, 6.07) is 0. The van der Waals surface area contributed by atoms with E-state index in [0.29, 0.717) is 0 Å². The Balaban J connectivity index is 2.17. The van der Waals surface area contributed by atoms with Crippen molar-refractivity contribution in [1.29, 1.82) is 0 Å². The van der Waals surface area contributed by atoms with Crippen LogP contribution >= 0.6 is 0 Å². The fourth-order valence-corrected chi connectivity index (χ4v) is 1.62. The van der Waals surface area contributed by atoms with Crippen LogP contribution in [0.25, 0.3) is 0 Å². The van der Waals surface area contributed by atoms with E-state index in [2.05, 4.69) is 28.6 Å². The van der Waals surface area contributed by atoms with Gasteiger partial charge >= 0.3 is 0 Å². The molecule has 0 atom stereocenters. The molecule has 0 radical (unpaired) electrons. The van der Waals surface area contributed by atoms with Crippen molar-refractivity contribution in [1.82, 2.24) is 14.8 Å². The zero-order chi connectivity index (χ0) is 10.2. The third kappa shape index (κ3) is 3.48. The first kappa shape index (κ1) is 11.2. The molecule has 14 heavy (non-hydrogen) atoms. The Morgan fingerprint density at radius 1 is 1.14 bits per heavy atom. The molecule has 80 valence electrons. The molecule has 0 saturated carbocycles. The van der Waals surface area contributed by atoms with E-state index in [1.54, 1.807) is 0 Å². The molecule has 1 rings (SSSR count). The molecule has 0 aliphatic rings. The lowest BCUT2D eigenvalue weighted by Gasteiger charge is -2.02. The topological polar surface area (TPSA) is 30.7 Å². The van der Waals surface area contributed by atoms with E-state index in [9.17, 15) is 0 Å². The Morgan fingerprint density at radius 3 is 2.64 bits per heavy atom. The number of aromatic nitrogens is 3. The Kier molecular flexibility index (Phi) is 5.27. The summed E-state index contributed by atoms with van der Waals surface area (Å²) in [6.45, 7) is 5.36. The van der Waals surface area contributed by atoms with Crippen molar-refractivity contribution in [3.63, 3.8) is 0 Å². The Hall–Kier alpha value is -0.860. The first-order valence-electron chi connectivity index (χ1n) is 5.75. The van der Waals surface area contributed by atoms with Gasteiger partial charge in [0.15, 0.2) is 0 Å². The minimum atomic E-state index is 0.983. The average molecular weight is 195 g/mol. The monoisotopic (exact) mass is 195 g/mol. The van der Waals surface area contributed by atoms with Crippen LogP contribution in [0.3, 0.4) is 0 Å². The quantitative estimate of drug-likeness (QED) is 0.626. The summed E-state index contributed by atoms with van der Waals surface area (Å²) in [5.74, 6) is 1.14. The van der Waals surface area contributed by atoms with Crippen LogP contribution in [0.5, 0.6) is 0 Å². The molecule has 3 nitrogen and oxygen atoms in total. The predicted octanol–water partition coefficient (Wildman–Crippen LogP) is 2.81.